The van der Waals surface area contributed by atoms with Crippen LogP contribution in [0.2, 0.25) is 0 Å². The monoisotopic (exact) mass is 340 g/mol. The highest BCUT2D eigenvalue weighted by molar-refractivity contribution is 7.92. The van der Waals surface area contributed by atoms with Crippen molar-refractivity contribution >= 4 is 21.6 Å². The number of nitrogens with zero attached hydrogens (tertiary/aromatic N) is 1. The van der Waals surface area contributed by atoms with E-state index in [2.05, 4.69) is 5.32 Å². The van der Waals surface area contributed by atoms with E-state index >= 15 is 0 Å². The molecule has 1 amide bonds. The normalized spacial score (nSPS) is 17.3. The first-order valence-electron chi connectivity index (χ1n) is 7.99. The predicted molar refractivity (Wildman–Crippen MR) is 91.6 cm³/mol. The Morgan fingerprint density at radius 1 is 1.30 bits per heavy atom. The molecule has 1 aromatic rings. The highest BCUT2D eigenvalue weighted by Crippen LogP contribution is 2.27. The van der Waals surface area contributed by atoms with Gasteiger partial charge in [-0.25, -0.2) is 8.42 Å². The lowest BCUT2D eigenvalue weighted by Gasteiger charge is -2.29. The van der Waals surface area contributed by atoms with Gasteiger partial charge in [-0.1, -0.05) is 6.07 Å². The lowest BCUT2D eigenvalue weighted by atomic mass is 10.1. The third-order valence-corrected chi connectivity index (χ3v) is 5.86. The van der Waals surface area contributed by atoms with Crippen molar-refractivity contribution in [2.24, 2.45) is 0 Å². The molecule has 6 nitrogen and oxygen atoms in total. The van der Waals surface area contributed by atoms with Crippen LogP contribution in [0.25, 0.3) is 0 Å². The number of carbonyl (C=O) groups is 1. The highest BCUT2D eigenvalue weighted by atomic mass is 32.2. The Balaban J connectivity index is 2.20. The summed E-state index contributed by atoms with van der Waals surface area (Å²) in [6.45, 7) is 3.78. The maximum Gasteiger partial charge on any atom is 0.251 e. The van der Waals surface area contributed by atoms with Gasteiger partial charge in [-0.15, -0.1) is 0 Å². The average molecular weight is 340 g/mol. The van der Waals surface area contributed by atoms with Crippen LogP contribution in [0.4, 0.5) is 5.69 Å². The van der Waals surface area contributed by atoms with Crippen LogP contribution in [0.1, 0.15) is 28.8 Å². The zero-order valence-corrected chi connectivity index (χ0v) is 14.9. The molecule has 2 rings (SSSR count). The van der Waals surface area contributed by atoms with Crippen molar-refractivity contribution in [3.8, 4) is 0 Å². The van der Waals surface area contributed by atoms with E-state index in [9.17, 15) is 13.2 Å². The van der Waals surface area contributed by atoms with Gasteiger partial charge in [0.25, 0.3) is 5.91 Å². The quantitative estimate of drug-likeness (QED) is 0.780. The number of amides is 1. The fraction of sp³-hybridized carbons (Fsp3) is 0.562. The molecule has 2 N–H and O–H groups in total. The summed E-state index contributed by atoms with van der Waals surface area (Å²) in [6, 6.07) is 5.24. The molecule has 128 valence electrons. The van der Waals surface area contributed by atoms with Crippen molar-refractivity contribution in [1.82, 2.24) is 5.32 Å². The largest absolute Gasteiger partial charge is 0.346 e. The lowest BCUT2D eigenvalue weighted by Crippen LogP contribution is -3.06. The number of carbonyl (C=O) groups excluding carboxylic acids is 1. The van der Waals surface area contributed by atoms with Gasteiger partial charge in [0.05, 0.1) is 38.6 Å². The molecule has 7 heteroatoms. The number of hydrogen-bond donors (Lipinski definition) is 2. The van der Waals surface area contributed by atoms with Gasteiger partial charge in [-0.2, -0.15) is 0 Å². The molecule has 0 spiro atoms. The summed E-state index contributed by atoms with van der Waals surface area (Å²) in [5, 5.41) is 2.87. The topological polar surface area (TPSA) is 70.9 Å². The fourth-order valence-corrected chi connectivity index (χ4v) is 4.30. The molecule has 0 radical (unpaired) electrons. The molecule has 23 heavy (non-hydrogen) atoms. The van der Waals surface area contributed by atoms with Crippen molar-refractivity contribution in [1.29, 1.82) is 0 Å². The van der Waals surface area contributed by atoms with E-state index in [4.69, 9.17) is 0 Å². The SMILES string of the molecule is Cc1ccc(C(=O)NCC[NH+](C)C)cc1N1CCCCS1(=O)=O. The molecule has 1 aromatic carbocycles. The molecule has 0 aliphatic carbocycles. The molecule has 0 bridgehead atoms. The van der Waals surface area contributed by atoms with E-state index in [1.165, 1.54) is 9.21 Å². The third kappa shape index (κ3) is 4.45. The van der Waals surface area contributed by atoms with Crippen LogP contribution in [0.3, 0.4) is 0 Å². The fourth-order valence-electron chi connectivity index (χ4n) is 2.61. The van der Waals surface area contributed by atoms with Crippen molar-refractivity contribution in [2.75, 3.05) is 43.8 Å². The van der Waals surface area contributed by atoms with Crippen molar-refractivity contribution in [2.45, 2.75) is 19.8 Å². The first-order valence-corrected chi connectivity index (χ1v) is 9.60. The maximum atomic E-state index is 12.3. The Morgan fingerprint density at radius 3 is 2.70 bits per heavy atom. The Labute approximate surface area is 138 Å². The smallest absolute Gasteiger partial charge is 0.251 e. The molecule has 0 unspecified atom stereocenters. The summed E-state index contributed by atoms with van der Waals surface area (Å²) in [7, 11) is 0.779. The van der Waals surface area contributed by atoms with Crippen LogP contribution in [0.15, 0.2) is 18.2 Å². The predicted octanol–water partition coefficient (Wildman–Crippen LogP) is -0.201. The van der Waals surface area contributed by atoms with Gasteiger partial charge < -0.3 is 10.2 Å². The van der Waals surface area contributed by atoms with Crippen LogP contribution < -0.4 is 14.5 Å². The van der Waals surface area contributed by atoms with Gasteiger partial charge in [0.15, 0.2) is 0 Å². The molecule has 0 atom stereocenters. The standard InChI is InChI=1S/C16H25N3O3S/c1-13-6-7-14(16(20)17-8-10-18(2)3)12-15(13)19-9-4-5-11-23(19,21)22/h6-7,12H,4-5,8-11H2,1-3H3,(H,17,20)/p+1. The zero-order chi connectivity index (χ0) is 17.0. The van der Waals surface area contributed by atoms with Gasteiger partial charge >= 0.3 is 0 Å². The first-order chi connectivity index (χ1) is 10.8. The van der Waals surface area contributed by atoms with Crippen LogP contribution in [-0.4, -0.2) is 53.8 Å². The molecule has 1 aliphatic heterocycles. The van der Waals surface area contributed by atoms with E-state index in [0.29, 0.717) is 30.8 Å². The second-order valence-corrected chi connectivity index (χ2v) is 8.32. The first kappa shape index (κ1) is 17.7. The number of likely N-dealkylation sites (N-methyl/N-ethyl adjacent to an activating group) is 1. The maximum absolute atomic E-state index is 12.3. The zero-order valence-electron chi connectivity index (χ0n) is 14.1. The number of quaternary nitrogens is 1. The van der Waals surface area contributed by atoms with Gasteiger partial charge in [0.1, 0.15) is 0 Å². The van der Waals surface area contributed by atoms with E-state index in [1.807, 2.05) is 27.1 Å². The van der Waals surface area contributed by atoms with Crippen molar-refractivity contribution in [3.63, 3.8) is 0 Å². The molecule has 0 aromatic heterocycles. The van der Waals surface area contributed by atoms with Gasteiger partial charge in [-0.05, 0) is 37.5 Å². The summed E-state index contributed by atoms with van der Waals surface area (Å²) >= 11 is 0. The Morgan fingerprint density at radius 2 is 2.04 bits per heavy atom. The summed E-state index contributed by atoms with van der Waals surface area (Å²) in [5.41, 5.74) is 1.99. The van der Waals surface area contributed by atoms with Crippen LogP contribution in [-0.2, 0) is 10.0 Å². The molecule has 0 saturated carbocycles. The minimum Gasteiger partial charge on any atom is -0.346 e. The molecule has 1 heterocycles. The van der Waals surface area contributed by atoms with Gasteiger partial charge in [0.2, 0.25) is 10.0 Å². The van der Waals surface area contributed by atoms with Crippen molar-refractivity contribution < 1.29 is 18.1 Å². The minimum absolute atomic E-state index is 0.165. The molecule has 1 fully saturated rings. The summed E-state index contributed by atoms with van der Waals surface area (Å²) in [4.78, 5) is 13.5. The number of benzene rings is 1. The summed E-state index contributed by atoms with van der Waals surface area (Å²) in [6.07, 6.45) is 1.55. The average Bonchev–Trinajstić information content (AvgIpc) is 2.47. The number of hydrogen-bond acceptors (Lipinski definition) is 3. The number of nitrogens with one attached hydrogen (secondary N) is 2. The minimum atomic E-state index is -3.27. The molecular weight excluding hydrogens is 314 g/mol. The highest BCUT2D eigenvalue weighted by Gasteiger charge is 2.27. The second kappa shape index (κ2) is 7.31. The Kier molecular flexibility index (Phi) is 5.64. The lowest BCUT2D eigenvalue weighted by molar-refractivity contribution is -0.856. The van der Waals surface area contributed by atoms with Gasteiger partial charge in [0, 0.05) is 12.1 Å². The number of rotatable bonds is 5. The Hall–Kier alpha value is -1.60. The number of sulfonamides is 1. The van der Waals surface area contributed by atoms with E-state index in [1.54, 1.807) is 12.1 Å². The molecular formula is C16H26N3O3S+. The van der Waals surface area contributed by atoms with Crippen LogP contribution >= 0.6 is 0 Å². The second-order valence-electron chi connectivity index (χ2n) is 6.31. The molecule has 1 aliphatic rings. The number of anilines is 1. The summed E-state index contributed by atoms with van der Waals surface area (Å²) in [5.74, 6) is 0.0102. The van der Waals surface area contributed by atoms with E-state index in [0.717, 1.165) is 18.5 Å². The summed E-state index contributed by atoms with van der Waals surface area (Å²) < 4.78 is 26.0. The third-order valence-electron chi connectivity index (χ3n) is 4.00. The van der Waals surface area contributed by atoms with Crippen molar-refractivity contribution in [3.05, 3.63) is 29.3 Å². The Bertz CT molecular complexity index is 671. The van der Waals surface area contributed by atoms with Crippen LogP contribution in [0, 0.1) is 6.92 Å². The molecule has 1 saturated heterocycles. The van der Waals surface area contributed by atoms with Crippen LogP contribution in [0.5, 0.6) is 0 Å². The number of aryl methyl sites for hydroxylation is 1. The van der Waals surface area contributed by atoms with Gasteiger partial charge in [-0.3, -0.25) is 9.10 Å². The van der Waals surface area contributed by atoms with E-state index < -0.39 is 10.0 Å². The van der Waals surface area contributed by atoms with E-state index in [-0.39, 0.29) is 11.7 Å².